The van der Waals surface area contributed by atoms with Gasteiger partial charge in [-0.05, 0) is 24.5 Å². The molecule has 1 aromatic carbocycles. The molecule has 0 aliphatic heterocycles. The van der Waals surface area contributed by atoms with E-state index in [1.165, 1.54) is 6.26 Å². The van der Waals surface area contributed by atoms with Crippen LogP contribution in [-0.2, 0) is 22.8 Å². The third-order valence-corrected chi connectivity index (χ3v) is 4.11. The quantitative estimate of drug-likeness (QED) is 0.838. The van der Waals surface area contributed by atoms with Crippen molar-refractivity contribution in [2.24, 2.45) is 5.73 Å². The standard InChI is InChI=1S/C11H17NO2S/c1-9(15(2,13)14)6-10-4-3-5-11(7-10)8-12/h3-5,7,9H,6,8,12H2,1-2H3. The number of nitrogens with two attached hydrogens (primary N) is 1. The maximum Gasteiger partial charge on any atom is 0.150 e. The number of hydrogen-bond acceptors (Lipinski definition) is 3. The Kier molecular flexibility index (Phi) is 3.88. The third kappa shape index (κ3) is 3.64. The maximum absolute atomic E-state index is 11.3. The molecule has 0 radical (unpaired) electrons. The molecule has 0 amide bonds. The normalized spacial score (nSPS) is 13.8. The average Bonchev–Trinajstić information content (AvgIpc) is 2.16. The van der Waals surface area contributed by atoms with Crippen molar-refractivity contribution < 1.29 is 8.42 Å². The Labute approximate surface area is 91.2 Å². The first-order valence-electron chi connectivity index (χ1n) is 4.90. The van der Waals surface area contributed by atoms with Gasteiger partial charge in [-0.1, -0.05) is 24.3 Å². The largest absolute Gasteiger partial charge is 0.326 e. The van der Waals surface area contributed by atoms with Crippen molar-refractivity contribution in [1.29, 1.82) is 0 Å². The lowest BCUT2D eigenvalue weighted by atomic mass is 10.1. The first-order chi connectivity index (χ1) is 6.93. The Morgan fingerprint density at radius 1 is 1.33 bits per heavy atom. The molecule has 1 unspecified atom stereocenters. The summed E-state index contributed by atoms with van der Waals surface area (Å²) < 4.78 is 22.5. The van der Waals surface area contributed by atoms with Gasteiger partial charge in [0.15, 0.2) is 0 Å². The molecule has 15 heavy (non-hydrogen) atoms. The molecule has 84 valence electrons. The van der Waals surface area contributed by atoms with E-state index in [0.29, 0.717) is 13.0 Å². The fourth-order valence-corrected chi connectivity index (χ4v) is 1.86. The first kappa shape index (κ1) is 12.2. The van der Waals surface area contributed by atoms with E-state index in [0.717, 1.165) is 11.1 Å². The summed E-state index contributed by atoms with van der Waals surface area (Å²) in [6.45, 7) is 2.21. The SMILES string of the molecule is CC(Cc1cccc(CN)c1)S(C)(=O)=O. The van der Waals surface area contributed by atoms with Gasteiger partial charge in [-0.15, -0.1) is 0 Å². The van der Waals surface area contributed by atoms with Gasteiger partial charge >= 0.3 is 0 Å². The molecule has 1 atom stereocenters. The van der Waals surface area contributed by atoms with Gasteiger partial charge in [-0.25, -0.2) is 8.42 Å². The van der Waals surface area contributed by atoms with Crippen LogP contribution in [0.1, 0.15) is 18.1 Å². The van der Waals surface area contributed by atoms with Crippen LogP contribution >= 0.6 is 0 Å². The molecule has 4 heteroatoms. The highest BCUT2D eigenvalue weighted by Crippen LogP contribution is 2.11. The fraction of sp³-hybridized carbons (Fsp3) is 0.455. The van der Waals surface area contributed by atoms with Gasteiger partial charge in [0.2, 0.25) is 0 Å². The van der Waals surface area contributed by atoms with E-state index in [9.17, 15) is 8.42 Å². The van der Waals surface area contributed by atoms with Gasteiger partial charge in [-0.3, -0.25) is 0 Å². The van der Waals surface area contributed by atoms with E-state index in [4.69, 9.17) is 5.73 Å². The second-order valence-corrected chi connectivity index (χ2v) is 6.33. The lowest BCUT2D eigenvalue weighted by Crippen LogP contribution is -2.18. The van der Waals surface area contributed by atoms with Gasteiger partial charge in [0.05, 0.1) is 5.25 Å². The zero-order valence-corrected chi connectivity index (χ0v) is 9.92. The summed E-state index contributed by atoms with van der Waals surface area (Å²) in [7, 11) is -2.95. The van der Waals surface area contributed by atoms with Crippen molar-refractivity contribution in [3.05, 3.63) is 35.4 Å². The Morgan fingerprint density at radius 2 is 1.93 bits per heavy atom. The van der Waals surface area contributed by atoms with Crippen molar-refractivity contribution in [1.82, 2.24) is 0 Å². The molecule has 1 rings (SSSR count). The average molecular weight is 227 g/mol. The van der Waals surface area contributed by atoms with Crippen molar-refractivity contribution >= 4 is 9.84 Å². The highest BCUT2D eigenvalue weighted by atomic mass is 32.2. The van der Waals surface area contributed by atoms with Crippen molar-refractivity contribution in [2.45, 2.75) is 25.1 Å². The number of hydrogen-bond donors (Lipinski definition) is 1. The van der Waals surface area contributed by atoms with E-state index in [1.54, 1.807) is 6.92 Å². The van der Waals surface area contributed by atoms with Crippen LogP contribution < -0.4 is 5.73 Å². The molecule has 3 nitrogen and oxygen atoms in total. The predicted molar refractivity (Wildman–Crippen MR) is 62.3 cm³/mol. The van der Waals surface area contributed by atoms with Crippen LogP contribution in [-0.4, -0.2) is 19.9 Å². The predicted octanol–water partition coefficient (Wildman–Crippen LogP) is 1.12. The highest BCUT2D eigenvalue weighted by molar-refractivity contribution is 7.91. The molecular weight excluding hydrogens is 210 g/mol. The topological polar surface area (TPSA) is 60.2 Å². The Morgan fingerprint density at radius 3 is 2.47 bits per heavy atom. The maximum atomic E-state index is 11.3. The summed E-state index contributed by atoms with van der Waals surface area (Å²) in [5.41, 5.74) is 7.58. The van der Waals surface area contributed by atoms with Gasteiger partial charge < -0.3 is 5.73 Å². The van der Waals surface area contributed by atoms with Crippen LogP contribution in [0.2, 0.25) is 0 Å². The van der Waals surface area contributed by atoms with Crippen LogP contribution in [0.25, 0.3) is 0 Å². The van der Waals surface area contributed by atoms with E-state index in [1.807, 2.05) is 24.3 Å². The second-order valence-electron chi connectivity index (χ2n) is 3.87. The fourth-order valence-electron chi connectivity index (χ4n) is 1.37. The summed E-state index contributed by atoms with van der Waals surface area (Å²) >= 11 is 0. The molecule has 0 fully saturated rings. The summed E-state index contributed by atoms with van der Waals surface area (Å²) in [6, 6.07) is 7.74. The second kappa shape index (κ2) is 4.77. The molecule has 0 saturated carbocycles. The molecule has 0 spiro atoms. The molecule has 0 heterocycles. The van der Waals surface area contributed by atoms with E-state index < -0.39 is 9.84 Å². The highest BCUT2D eigenvalue weighted by Gasteiger charge is 2.15. The van der Waals surface area contributed by atoms with Gasteiger partial charge in [0, 0.05) is 12.8 Å². The van der Waals surface area contributed by atoms with Crippen LogP contribution in [0, 0.1) is 0 Å². The Bertz CT molecular complexity index is 426. The van der Waals surface area contributed by atoms with Crippen molar-refractivity contribution in [2.75, 3.05) is 6.26 Å². The van der Waals surface area contributed by atoms with Crippen molar-refractivity contribution in [3.8, 4) is 0 Å². The van der Waals surface area contributed by atoms with Crippen LogP contribution in [0.4, 0.5) is 0 Å². The smallest absolute Gasteiger partial charge is 0.150 e. The zero-order valence-electron chi connectivity index (χ0n) is 9.10. The lowest BCUT2D eigenvalue weighted by Gasteiger charge is -2.09. The van der Waals surface area contributed by atoms with Gasteiger partial charge in [0.1, 0.15) is 9.84 Å². The van der Waals surface area contributed by atoms with Gasteiger partial charge in [-0.2, -0.15) is 0 Å². The minimum absolute atomic E-state index is 0.342. The molecule has 0 aromatic heterocycles. The molecule has 2 N–H and O–H groups in total. The summed E-state index contributed by atoms with van der Waals surface area (Å²) in [5, 5.41) is -0.342. The number of sulfone groups is 1. The Balaban J connectivity index is 2.81. The summed E-state index contributed by atoms with van der Waals surface area (Å²) in [5.74, 6) is 0. The van der Waals surface area contributed by atoms with E-state index in [2.05, 4.69) is 0 Å². The first-order valence-corrected chi connectivity index (χ1v) is 6.85. The molecular formula is C11H17NO2S. The van der Waals surface area contributed by atoms with E-state index >= 15 is 0 Å². The third-order valence-electron chi connectivity index (χ3n) is 2.48. The zero-order chi connectivity index (χ0) is 11.5. The van der Waals surface area contributed by atoms with Gasteiger partial charge in [0.25, 0.3) is 0 Å². The molecule has 0 aliphatic carbocycles. The number of benzene rings is 1. The van der Waals surface area contributed by atoms with E-state index in [-0.39, 0.29) is 5.25 Å². The molecule has 0 saturated heterocycles. The van der Waals surface area contributed by atoms with Crippen LogP contribution in [0.5, 0.6) is 0 Å². The minimum Gasteiger partial charge on any atom is -0.326 e. The summed E-state index contributed by atoms with van der Waals surface area (Å²) in [4.78, 5) is 0. The summed E-state index contributed by atoms with van der Waals surface area (Å²) in [6.07, 6.45) is 1.82. The van der Waals surface area contributed by atoms with Crippen molar-refractivity contribution in [3.63, 3.8) is 0 Å². The minimum atomic E-state index is -2.95. The van der Waals surface area contributed by atoms with Crippen LogP contribution in [0.3, 0.4) is 0 Å². The Hall–Kier alpha value is -0.870. The number of rotatable bonds is 4. The van der Waals surface area contributed by atoms with Crippen LogP contribution in [0.15, 0.2) is 24.3 Å². The molecule has 0 bridgehead atoms. The lowest BCUT2D eigenvalue weighted by molar-refractivity contribution is 0.588. The molecule has 0 aliphatic rings. The monoisotopic (exact) mass is 227 g/mol. The molecule has 1 aromatic rings.